The Morgan fingerprint density at radius 2 is 2.42 bits per heavy atom. The minimum Gasteiger partial charge on any atom is -0.341 e. The number of carbonyl (C=O) groups excluding carboxylic acids is 1. The smallest absolute Gasteiger partial charge is 0.224 e. The number of likely N-dealkylation sites (tertiary alicyclic amines) is 1. The number of carbonyl (C=O) groups is 1. The van der Waals surface area contributed by atoms with Gasteiger partial charge in [-0.3, -0.25) is 4.79 Å². The van der Waals surface area contributed by atoms with Crippen LogP contribution in [0.15, 0.2) is 0 Å². The summed E-state index contributed by atoms with van der Waals surface area (Å²) >= 11 is 0. The van der Waals surface area contributed by atoms with Gasteiger partial charge in [-0.1, -0.05) is 0 Å². The lowest BCUT2D eigenvalue weighted by Gasteiger charge is -2.16. The van der Waals surface area contributed by atoms with Crippen molar-refractivity contribution in [2.75, 3.05) is 13.1 Å². The van der Waals surface area contributed by atoms with Crippen molar-refractivity contribution in [1.82, 2.24) is 4.90 Å². The van der Waals surface area contributed by atoms with Crippen molar-refractivity contribution >= 4 is 5.91 Å². The van der Waals surface area contributed by atoms with Crippen LogP contribution in [0.2, 0.25) is 0 Å². The number of hydrogen-bond donors (Lipinski definition) is 2. The number of nitrogens with zero attached hydrogens (tertiary/aromatic N) is 1. The van der Waals surface area contributed by atoms with E-state index in [4.69, 9.17) is 11.5 Å². The quantitative estimate of drug-likeness (QED) is 0.576. The summed E-state index contributed by atoms with van der Waals surface area (Å²) in [5.41, 5.74) is 11.2. The molecule has 0 aromatic rings. The lowest BCUT2D eigenvalue weighted by Crippen LogP contribution is -2.35. The molecule has 0 spiro atoms. The largest absolute Gasteiger partial charge is 0.341 e. The molecule has 0 aromatic heterocycles. The Morgan fingerprint density at radius 3 is 2.83 bits per heavy atom. The Hall–Kier alpha value is -0.610. The van der Waals surface area contributed by atoms with E-state index in [1.54, 1.807) is 4.90 Å². The molecular weight excluding hydrogens is 154 g/mol. The van der Waals surface area contributed by atoms with E-state index >= 15 is 0 Å². The van der Waals surface area contributed by atoms with Gasteiger partial charge in [-0.25, -0.2) is 0 Å². The fraction of sp³-hybridized carbons (Fsp3) is 0.875. The van der Waals surface area contributed by atoms with Gasteiger partial charge in [-0.05, 0) is 13.3 Å². The fourth-order valence-electron chi connectivity index (χ4n) is 1.42. The van der Waals surface area contributed by atoms with E-state index in [1.807, 2.05) is 6.92 Å². The number of hydrogen-bond acceptors (Lipinski definition) is 3. The molecular formula is C8H17N3O. The molecule has 1 saturated heterocycles. The van der Waals surface area contributed by atoms with Gasteiger partial charge in [-0.2, -0.15) is 0 Å². The van der Waals surface area contributed by atoms with Crippen LogP contribution in [0.25, 0.3) is 0 Å². The predicted octanol–water partition coefficient (Wildman–Crippen LogP) is -0.717. The summed E-state index contributed by atoms with van der Waals surface area (Å²) in [5, 5.41) is 0. The van der Waals surface area contributed by atoms with Gasteiger partial charge < -0.3 is 16.4 Å². The predicted molar refractivity (Wildman–Crippen MR) is 47.4 cm³/mol. The Balaban J connectivity index is 2.33. The van der Waals surface area contributed by atoms with Crippen LogP contribution >= 0.6 is 0 Å². The molecule has 0 aromatic carbocycles. The standard InChI is InChI=1S/C8H17N3O/c1-6(9)4-8(12)11-3-2-7(10)5-11/h6-7H,2-5,9-10H2,1H3/t6?,7-/m1/s1. The van der Waals surface area contributed by atoms with Crippen molar-refractivity contribution in [2.45, 2.75) is 31.8 Å². The second kappa shape index (κ2) is 3.87. The SMILES string of the molecule is CC(N)CC(=O)N1CC[C@@H](N)C1. The summed E-state index contributed by atoms with van der Waals surface area (Å²) in [6.45, 7) is 3.34. The van der Waals surface area contributed by atoms with Crippen LogP contribution in [0.5, 0.6) is 0 Å². The molecule has 4 nitrogen and oxygen atoms in total. The molecule has 1 aliphatic heterocycles. The van der Waals surface area contributed by atoms with Crippen molar-refractivity contribution in [3.05, 3.63) is 0 Å². The zero-order valence-corrected chi connectivity index (χ0v) is 7.49. The first kappa shape index (κ1) is 9.48. The second-order valence-electron chi connectivity index (χ2n) is 3.57. The number of amides is 1. The zero-order chi connectivity index (χ0) is 9.14. The maximum Gasteiger partial charge on any atom is 0.224 e. The molecule has 0 aliphatic carbocycles. The first-order chi connectivity index (χ1) is 5.59. The molecule has 4 heteroatoms. The number of nitrogens with two attached hydrogens (primary N) is 2. The van der Waals surface area contributed by atoms with Crippen molar-refractivity contribution in [3.63, 3.8) is 0 Å². The normalized spacial score (nSPS) is 25.9. The average Bonchev–Trinajstić information content (AvgIpc) is 2.34. The second-order valence-corrected chi connectivity index (χ2v) is 3.57. The van der Waals surface area contributed by atoms with E-state index in [9.17, 15) is 4.79 Å². The zero-order valence-electron chi connectivity index (χ0n) is 7.49. The molecule has 1 unspecified atom stereocenters. The van der Waals surface area contributed by atoms with Gasteiger partial charge in [-0.15, -0.1) is 0 Å². The molecule has 1 heterocycles. The van der Waals surface area contributed by atoms with Crippen LogP contribution < -0.4 is 11.5 Å². The first-order valence-electron chi connectivity index (χ1n) is 4.38. The van der Waals surface area contributed by atoms with Crippen molar-refractivity contribution < 1.29 is 4.79 Å². The van der Waals surface area contributed by atoms with Gasteiger partial charge in [0, 0.05) is 31.6 Å². The molecule has 12 heavy (non-hydrogen) atoms. The molecule has 0 bridgehead atoms. The van der Waals surface area contributed by atoms with Crippen LogP contribution in [0.1, 0.15) is 19.8 Å². The van der Waals surface area contributed by atoms with Crippen LogP contribution in [-0.2, 0) is 4.79 Å². The van der Waals surface area contributed by atoms with Gasteiger partial charge >= 0.3 is 0 Å². The Bertz CT molecular complexity index is 170. The van der Waals surface area contributed by atoms with Gasteiger partial charge in [0.1, 0.15) is 0 Å². The van der Waals surface area contributed by atoms with E-state index in [1.165, 1.54) is 0 Å². The van der Waals surface area contributed by atoms with Crippen molar-refractivity contribution in [1.29, 1.82) is 0 Å². The third kappa shape index (κ3) is 2.46. The van der Waals surface area contributed by atoms with Crippen LogP contribution in [0.3, 0.4) is 0 Å². The third-order valence-electron chi connectivity index (χ3n) is 2.07. The minimum absolute atomic E-state index is 0.0469. The van der Waals surface area contributed by atoms with E-state index in [0.29, 0.717) is 13.0 Å². The Morgan fingerprint density at radius 1 is 1.75 bits per heavy atom. The monoisotopic (exact) mass is 171 g/mol. The summed E-state index contributed by atoms with van der Waals surface area (Å²) in [6.07, 6.45) is 1.36. The van der Waals surface area contributed by atoms with Crippen LogP contribution in [0.4, 0.5) is 0 Å². The van der Waals surface area contributed by atoms with Crippen LogP contribution in [-0.4, -0.2) is 36.0 Å². The van der Waals surface area contributed by atoms with E-state index in [-0.39, 0.29) is 18.0 Å². The summed E-state index contributed by atoms with van der Waals surface area (Å²) in [4.78, 5) is 13.2. The Labute approximate surface area is 72.9 Å². The highest BCUT2D eigenvalue weighted by molar-refractivity contribution is 5.77. The molecule has 1 aliphatic rings. The fourth-order valence-corrected chi connectivity index (χ4v) is 1.42. The maximum absolute atomic E-state index is 11.4. The highest BCUT2D eigenvalue weighted by atomic mass is 16.2. The molecule has 0 radical (unpaired) electrons. The summed E-state index contributed by atoms with van der Waals surface area (Å²) in [5.74, 6) is 0.137. The Kier molecular flexibility index (Phi) is 3.05. The van der Waals surface area contributed by atoms with Crippen LogP contribution in [0, 0.1) is 0 Å². The molecule has 0 saturated carbocycles. The molecule has 2 atom stereocenters. The van der Waals surface area contributed by atoms with E-state index in [0.717, 1.165) is 13.0 Å². The van der Waals surface area contributed by atoms with Gasteiger partial charge in [0.25, 0.3) is 0 Å². The lowest BCUT2D eigenvalue weighted by molar-refractivity contribution is -0.130. The van der Waals surface area contributed by atoms with E-state index < -0.39 is 0 Å². The molecule has 1 fully saturated rings. The summed E-state index contributed by atoms with van der Waals surface area (Å²) in [6, 6.07) is 0.122. The molecule has 4 N–H and O–H groups in total. The van der Waals surface area contributed by atoms with Crippen molar-refractivity contribution in [2.24, 2.45) is 11.5 Å². The van der Waals surface area contributed by atoms with E-state index in [2.05, 4.69) is 0 Å². The lowest BCUT2D eigenvalue weighted by atomic mass is 10.2. The third-order valence-corrected chi connectivity index (χ3v) is 2.07. The molecule has 70 valence electrons. The first-order valence-corrected chi connectivity index (χ1v) is 4.38. The molecule has 1 amide bonds. The maximum atomic E-state index is 11.4. The van der Waals surface area contributed by atoms with Gasteiger partial charge in [0.15, 0.2) is 0 Å². The summed E-state index contributed by atoms with van der Waals surface area (Å²) in [7, 11) is 0. The average molecular weight is 171 g/mol. The minimum atomic E-state index is -0.0469. The highest BCUT2D eigenvalue weighted by Crippen LogP contribution is 2.08. The van der Waals surface area contributed by atoms with Gasteiger partial charge in [0.05, 0.1) is 0 Å². The van der Waals surface area contributed by atoms with Gasteiger partial charge in [0.2, 0.25) is 5.91 Å². The highest BCUT2D eigenvalue weighted by Gasteiger charge is 2.23. The number of rotatable bonds is 2. The van der Waals surface area contributed by atoms with Crippen molar-refractivity contribution in [3.8, 4) is 0 Å². The molecule has 1 rings (SSSR count). The topological polar surface area (TPSA) is 72.4 Å². The summed E-state index contributed by atoms with van der Waals surface area (Å²) < 4.78 is 0.